The van der Waals surface area contributed by atoms with Crippen molar-refractivity contribution in [2.75, 3.05) is 13.2 Å². The van der Waals surface area contributed by atoms with Crippen LogP contribution < -0.4 is 14.8 Å². The Morgan fingerprint density at radius 1 is 1.07 bits per heavy atom. The minimum absolute atomic E-state index is 0.0296. The first-order valence-electron chi connectivity index (χ1n) is 10.2. The molecule has 0 atom stereocenters. The van der Waals surface area contributed by atoms with Gasteiger partial charge in [0, 0.05) is 12.6 Å². The van der Waals surface area contributed by atoms with Crippen molar-refractivity contribution in [1.29, 1.82) is 0 Å². The minimum Gasteiger partial charge on any atom is -0.482 e. The zero-order valence-electron chi connectivity index (χ0n) is 16.8. The predicted molar refractivity (Wildman–Crippen MR) is 117 cm³/mol. The number of rotatable bonds is 9. The predicted octanol–water partition coefficient (Wildman–Crippen LogP) is 3.69. The molecule has 162 valence electrons. The van der Waals surface area contributed by atoms with Crippen LogP contribution in [0.1, 0.15) is 37.7 Å². The number of carbonyl (C=O) groups is 1. The first kappa shape index (κ1) is 22.6. The lowest BCUT2D eigenvalue weighted by Crippen LogP contribution is -2.36. The van der Waals surface area contributed by atoms with Crippen LogP contribution in [0.25, 0.3) is 0 Å². The van der Waals surface area contributed by atoms with Gasteiger partial charge in [0.2, 0.25) is 10.0 Å². The maximum Gasteiger partial charge on any atom is 0.257 e. The summed E-state index contributed by atoms with van der Waals surface area (Å²) in [4.78, 5) is 12.1. The fourth-order valence-corrected chi connectivity index (χ4v) is 5.09. The van der Waals surface area contributed by atoms with E-state index < -0.39 is 10.0 Å². The zero-order valence-corrected chi connectivity index (χ0v) is 18.3. The summed E-state index contributed by atoms with van der Waals surface area (Å²) in [5.41, 5.74) is 1.14. The lowest BCUT2D eigenvalue weighted by atomic mass is 9.96. The van der Waals surface area contributed by atoms with Crippen molar-refractivity contribution < 1.29 is 17.9 Å². The molecule has 0 unspecified atom stereocenters. The number of carbonyl (C=O) groups excluding carboxylic acids is 1. The van der Waals surface area contributed by atoms with Crippen LogP contribution >= 0.6 is 11.6 Å². The second-order valence-electron chi connectivity index (χ2n) is 7.42. The van der Waals surface area contributed by atoms with E-state index in [1.807, 2.05) is 30.3 Å². The number of halogens is 1. The molecule has 2 aromatic rings. The molecule has 0 radical (unpaired) electrons. The van der Waals surface area contributed by atoms with Crippen LogP contribution in [0.3, 0.4) is 0 Å². The molecule has 1 amide bonds. The third kappa shape index (κ3) is 6.72. The summed E-state index contributed by atoms with van der Waals surface area (Å²) >= 11 is 6.20. The highest BCUT2D eigenvalue weighted by Crippen LogP contribution is 2.28. The Bertz CT molecular complexity index is 945. The SMILES string of the molecule is O=C(COc1ccc(S(=O)(=O)NC2CCCCC2)cc1Cl)NCCc1ccccc1. The number of nitrogens with one attached hydrogen (secondary N) is 2. The molecule has 1 saturated carbocycles. The lowest BCUT2D eigenvalue weighted by Gasteiger charge is -2.22. The van der Waals surface area contributed by atoms with Crippen molar-refractivity contribution in [2.24, 2.45) is 0 Å². The Kier molecular flexibility index (Phi) is 8.13. The average Bonchev–Trinajstić information content (AvgIpc) is 2.74. The fourth-order valence-electron chi connectivity index (χ4n) is 3.46. The molecule has 30 heavy (non-hydrogen) atoms. The normalized spacial score (nSPS) is 15.0. The highest BCUT2D eigenvalue weighted by atomic mass is 35.5. The van der Waals surface area contributed by atoms with Crippen molar-refractivity contribution in [3.8, 4) is 5.75 Å². The van der Waals surface area contributed by atoms with Gasteiger partial charge < -0.3 is 10.1 Å². The van der Waals surface area contributed by atoms with E-state index in [2.05, 4.69) is 10.0 Å². The first-order chi connectivity index (χ1) is 14.4. The zero-order chi connectivity index (χ0) is 21.4. The molecule has 0 aliphatic heterocycles. The molecule has 1 aliphatic carbocycles. The van der Waals surface area contributed by atoms with Gasteiger partial charge in [-0.1, -0.05) is 61.2 Å². The van der Waals surface area contributed by atoms with Crippen molar-refractivity contribution >= 4 is 27.5 Å². The Morgan fingerprint density at radius 2 is 1.80 bits per heavy atom. The molecule has 6 nitrogen and oxygen atoms in total. The van der Waals surface area contributed by atoms with Gasteiger partial charge in [0.05, 0.1) is 9.92 Å². The van der Waals surface area contributed by atoms with Crippen LogP contribution in [0.4, 0.5) is 0 Å². The minimum atomic E-state index is -3.64. The molecule has 0 heterocycles. The van der Waals surface area contributed by atoms with Crippen LogP contribution in [-0.2, 0) is 21.2 Å². The fraction of sp³-hybridized carbons (Fsp3) is 0.409. The quantitative estimate of drug-likeness (QED) is 0.610. The number of amides is 1. The second kappa shape index (κ2) is 10.8. The summed E-state index contributed by atoms with van der Waals surface area (Å²) < 4.78 is 33.4. The van der Waals surface area contributed by atoms with Gasteiger partial charge in [-0.2, -0.15) is 0 Å². The van der Waals surface area contributed by atoms with Crippen LogP contribution in [0, 0.1) is 0 Å². The van der Waals surface area contributed by atoms with E-state index in [1.54, 1.807) is 0 Å². The van der Waals surface area contributed by atoms with Gasteiger partial charge in [-0.15, -0.1) is 0 Å². The molecule has 8 heteroatoms. The second-order valence-corrected chi connectivity index (χ2v) is 9.54. The Labute approximate surface area is 183 Å². The largest absolute Gasteiger partial charge is 0.482 e. The Balaban J connectivity index is 1.49. The topological polar surface area (TPSA) is 84.5 Å². The standard InChI is InChI=1S/C22H27ClN2O4S/c23-20-15-19(30(27,28)25-18-9-5-2-6-10-18)11-12-21(20)29-16-22(26)24-14-13-17-7-3-1-4-8-17/h1,3-4,7-8,11-12,15,18,25H,2,5-6,9-10,13-14,16H2,(H,24,26). The van der Waals surface area contributed by atoms with Crippen LogP contribution in [-0.4, -0.2) is 33.5 Å². The highest BCUT2D eigenvalue weighted by molar-refractivity contribution is 7.89. The van der Waals surface area contributed by atoms with Gasteiger partial charge in [0.25, 0.3) is 5.91 Å². The maximum atomic E-state index is 12.6. The number of benzene rings is 2. The molecule has 1 aliphatic rings. The lowest BCUT2D eigenvalue weighted by molar-refractivity contribution is -0.123. The Morgan fingerprint density at radius 3 is 2.50 bits per heavy atom. The molecule has 0 bridgehead atoms. The van der Waals surface area contributed by atoms with Gasteiger partial charge in [-0.3, -0.25) is 4.79 Å². The Hall–Kier alpha value is -2.09. The number of sulfonamides is 1. The van der Waals surface area contributed by atoms with Crippen molar-refractivity contribution in [3.63, 3.8) is 0 Å². The van der Waals surface area contributed by atoms with Crippen LogP contribution in [0.15, 0.2) is 53.4 Å². The van der Waals surface area contributed by atoms with E-state index in [4.69, 9.17) is 16.3 Å². The molecule has 0 spiro atoms. The van der Waals surface area contributed by atoms with E-state index >= 15 is 0 Å². The van der Waals surface area contributed by atoms with E-state index in [0.29, 0.717) is 6.54 Å². The van der Waals surface area contributed by atoms with E-state index in [9.17, 15) is 13.2 Å². The summed E-state index contributed by atoms with van der Waals surface area (Å²) in [5, 5.41) is 2.94. The molecule has 2 aromatic carbocycles. The van der Waals surface area contributed by atoms with Gasteiger partial charge in [-0.05, 0) is 43.0 Å². The molecule has 2 N–H and O–H groups in total. The summed E-state index contributed by atoms with van der Waals surface area (Å²) in [6, 6.07) is 14.1. The van der Waals surface area contributed by atoms with Crippen LogP contribution in [0.5, 0.6) is 5.75 Å². The third-order valence-corrected chi connectivity index (χ3v) is 6.89. The van der Waals surface area contributed by atoms with Crippen LogP contribution in [0.2, 0.25) is 5.02 Å². The van der Waals surface area contributed by atoms with E-state index in [-0.39, 0.29) is 34.2 Å². The average molecular weight is 451 g/mol. The highest BCUT2D eigenvalue weighted by Gasteiger charge is 2.22. The molecule has 0 saturated heterocycles. The molecular weight excluding hydrogens is 424 g/mol. The van der Waals surface area contributed by atoms with Crippen molar-refractivity contribution in [2.45, 2.75) is 49.5 Å². The molecule has 0 aromatic heterocycles. The summed E-state index contributed by atoms with van der Waals surface area (Å²) in [6.45, 7) is 0.310. The number of ether oxygens (including phenoxy) is 1. The molecular formula is C22H27ClN2O4S. The first-order valence-corrected chi connectivity index (χ1v) is 12.1. The number of hydrogen-bond donors (Lipinski definition) is 2. The monoisotopic (exact) mass is 450 g/mol. The van der Waals surface area contributed by atoms with Gasteiger partial charge in [0.15, 0.2) is 6.61 Å². The van der Waals surface area contributed by atoms with Crippen molar-refractivity contribution in [3.05, 3.63) is 59.1 Å². The van der Waals surface area contributed by atoms with Crippen molar-refractivity contribution in [1.82, 2.24) is 10.0 Å². The summed E-state index contributed by atoms with van der Waals surface area (Å²) in [5.74, 6) is 0.00385. The number of hydrogen-bond acceptors (Lipinski definition) is 4. The summed E-state index contributed by atoms with van der Waals surface area (Å²) in [7, 11) is -3.64. The van der Waals surface area contributed by atoms with E-state index in [0.717, 1.165) is 44.1 Å². The molecule has 1 fully saturated rings. The van der Waals surface area contributed by atoms with Gasteiger partial charge in [-0.25, -0.2) is 13.1 Å². The third-order valence-electron chi connectivity index (χ3n) is 5.08. The summed E-state index contributed by atoms with van der Waals surface area (Å²) in [6.07, 6.45) is 5.66. The smallest absolute Gasteiger partial charge is 0.257 e. The van der Waals surface area contributed by atoms with Gasteiger partial charge >= 0.3 is 0 Å². The molecule has 3 rings (SSSR count). The maximum absolute atomic E-state index is 12.6. The van der Waals surface area contributed by atoms with Gasteiger partial charge in [0.1, 0.15) is 5.75 Å². The van der Waals surface area contributed by atoms with E-state index in [1.165, 1.54) is 18.2 Å².